The summed E-state index contributed by atoms with van der Waals surface area (Å²) in [4.78, 5) is 39.8. The van der Waals surface area contributed by atoms with E-state index >= 15 is 0 Å². The maximum atomic E-state index is 13.9. The van der Waals surface area contributed by atoms with Crippen LogP contribution in [0.3, 0.4) is 0 Å². The average Bonchev–Trinajstić information content (AvgIpc) is 3.03. The number of benzene rings is 3. The highest BCUT2D eigenvalue weighted by molar-refractivity contribution is 6.00. The normalized spacial score (nSPS) is 18.3. The topological polar surface area (TPSA) is 117 Å². The van der Waals surface area contributed by atoms with Crippen molar-refractivity contribution in [3.8, 4) is 5.75 Å². The molecule has 3 amide bonds. The van der Waals surface area contributed by atoms with Gasteiger partial charge in [0.1, 0.15) is 29.8 Å². The molecule has 9 heteroatoms. The molecule has 38 heavy (non-hydrogen) atoms. The molecule has 1 aliphatic rings. The van der Waals surface area contributed by atoms with E-state index in [0.717, 1.165) is 6.07 Å². The lowest BCUT2D eigenvalue weighted by Crippen LogP contribution is -2.52. The molecule has 3 aromatic carbocycles. The Bertz CT molecular complexity index is 1290. The Morgan fingerprint density at radius 2 is 1.66 bits per heavy atom. The maximum Gasteiger partial charge on any atom is 0.251 e. The largest absolute Gasteiger partial charge is 0.481 e. The van der Waals surface area contributed by atoms with Crippen LogP contribution in [0.1, 0.15) is 43.5 Å². The summed E-state index contributed by atoms with van der Waals surface area (Å²) in [6, 6.07) is 18.7. The van der Waals surface area contributed by atoms with E-state index in [1.165, 1.54) is 12.1 Å². The molecule has 4 rings (SSSR count). The van der Waals surface area contributed by atoms with Crippen molar-refractivity contribution in [3.63, 3.8) is 0 Å². The number of halogens is 1. The van der Waals surface area contributed by atoms with Crippen LogP contribution >= 0.6 is 0 Å². The molecule has 0 aromatic heterocycles. The third kappa shape index (κ3) is 6.36. The van der Waals surface area contributed by atoms with Gasteiger partial charge in [-0.05, 0) is 35.6 Å². The molecule has 4 atom stereocenters. The van der Waals surface area contributed by atoms with Gasteiger partial charge in [-0.15, -0.1) is 0 Å². The number of fused-ring (bicyclic) bond motifs is 1. The fourth-order valence-corrected chi connectivity index (χ4v) is 4.27. The van der Waals surface area contributed by atoms with Crippen molar-refractivity contribution in [2.24, 2.45) is 5.92 Å². The molecule has 0 radical (unpaired) electrons. The Balaban J connectivity index is 1.65. The number of hydrogen-bond donors (Lipinski definition) is 4. The quantitative estimate of drug-likeness (QED) is 0.363. The highest BCUT2D eigenvalue weighted by Gasteiger charge is 2.38. The number of aliphatic hydroxyl groups excluding tert-OH is 1. The monoisotopic (exact) mass is 519 g/mol. The zero-order chi connectivity index (χ0) is 27.2. The van der Waals surface area contributed by atoms with E-state index in [1.807, 2.05) is 13.8 Å². The highest BCUT2D eigenvalue weighted by atomic mass is 19.1. The number of amides is 3. The van der Waals surface area contributed by atoms with Crippen LogP contribution in [0.15, 0.2) is 78.9 Å². The standard InChI is InChI=1S/C29H30FN3O5/c1-17(2)15-22(34)27(35)32-24(18-9-5-3-6-10-18)28(36)33-25-26(19-11-7-4-8-12-19)38-23-14-13-20(30)16-21(23)31-29(25)37/h3-14,16-17,22,24-26,34H,15H2,1-2H3,(H,31,37)(H,32,35)(H,33,36)/t22?,24-,25-,26+/m0/s1. The van der Waals surface area contributed by atoms with Crippen molar-refractivity contribution in [1.29, 1.82) is 0 Å². The Morgan fingerprint density at radius 3 is 2.32 bits per heavy atom. The molecule has 0 spiro atoms. The first-order valence-electron chi connectivity index (χ1n) is 12.4. The van der Waals surface area contributed by atoms with Crippen LogP contribution in [-0.4, -0.2) is 35.0 Å². The van der Waals surface area contributed by atoms with Crippen LogP contribution in [0.2, 0.25) is 0 Å². The number of anilines is 1. The Hall–Kier alpha value is -4.24. The number of nitrogens with one attached hydrogen (secondary N) is 3. The van der Waals surface area contributed by atoms with Gasteiger partial charge in [0.05, 0.1) is 5.69 Å². The molecular formula is C29H30FN3O5. The van der Waals surface area contributed by atoms with Gasteiger partial charge in [0.25, 0.3) is 5.91 Å². The van der Waals surface area contributed by atoms with E-state index < -0.39 is 47.8 Å². The van der Waals surface area contributed by atoms with E-state index in [-0.39, 0.29) is 23.8 Å². The summed E-state index contributed by atoms with van der Waals surface area (Å²) in [7, 11) is 0. The third-order valence-electron chi connectivity index (χ3n) is 6.14. The fraction of sp³-hybridized carbons (Fsp3) is 0.276. The van der Waals surface area contributed by atoms with E-state index in [4.69, 9.17) is 4.74 Å². The van der Waals surface area contributed by atoms with Crippen LogP contribution in [0.5, 0.6) is 5.75 Å². The van der Waals surface area contributed by atoms with E-state index in [1.54, 1.807) is 60.7 Å². The van der Waals surface area contributed by atoms with Crippen molar-refractivity contribution in [1.82, 2.24) is 10.6 Å². The molecule has 0 fully saturated rings. The summed E-state index contributed by atoms with van der Waals surface area (Å²) in [6.45, 7) is 3.74. The maximum absolute atomic E-state index is 13.9. The molecule has 8 nitrogen and oxygen atoms in total. The molecular weight excluding hydrogens is 489 g/mol. The Morgan fingerprint density at radius 1 is 1.00 bits per heavy atom. The van der Waals surface area contributed by atoms with Crippen molar-refractivity contribution >= 4 is 23.4 Å². The zero-order valence-electron chi connectivity index (χ0n) is 21.1. The summed E-state index contributed by atoms with van der Waals surface area (Å²) in [5, 5.41) is 18.3. The van der Waals surface area contributed by atoms with Gasteiger partial charge in [-0.2, -0.15) is 0 Å². The van der Waals surface area contributed by atoms with Gasteiger partial charge in [0.15, 0.2) is 6.10 Å². The van der Waals surface area contributed by atoms with Crippen molar-refractivity contribution in [2.45, 2.75) is 44.6 Å². The lowest BCUT2D eigenvalue weighted by Gasteiger charge is -2.28. The Kier molecular flexibility index (Phi) is 8.38. The summed E-state index contributed by atoms with van der Waals surface area (Å²) in [5.74, 6) is -2.25. The molecule has 0 saturated heterocycles. The molecule has 1 aliphatic heterocycles. The number of hydrogen-bond acceptors (Lipinski definition) is 5. The Labute approximate surface area is 220 Å². The van der Waals surface area contributed by atoms with Crippen molar-refractivity contribution < 1.29 is 28.6 Å². The fourth-order valence-electron chi connectivity index (χ4n) is 4.27. The SMILES string of the molecule is CC(C)CC(O)C(=O)N[C@H](C(=O)N[C@@H]1C(=O)Nc2cc(F)ccc2O[C@@H]1c1ccccc1)c1ccccc1. The summed E-state index contributed by atoms with van der Waals surface area (Å²) < 4.78 is 20.0. The lowest BCUT2D eigenvalue weighted by molar-refractivity contribution is -0.136. The molecule has 198 valence electrons. The molecule has 0 bridgehead atoms. The van der Waals surface area contributed by atoms with Gasteiger partial charge in [0.2, 0.25) is 11.8 Å². The van der Waals surface area contributed by atoms with Crippen LogP contribution in [0.25, 0.3) is 0 Å². The van der Waals surface area contributed by atoms with Gasteiger partial charge in [-0.25, -0.2) is 4.39 Å². The first kappa shape index (κ1) is 26.8. The number of carbonyl (C=O) groups excluding carboxylic acids is 3. The molecule has 4 N–H and O–H groups in total. The number of carbonyl (C=O) groups is 3. The molecule has 1 heterocycles. The molecule has 1 unspecified atom stereocenters. The second-order valence-corrected chi connectivity index (χ2v) is 9.56. The molecule has 0 aliphatic carbocycles. The molecule has 0 saturated carbocycles. The van der Waals surface area contributed by atoms with Gasteiger partial charge >= 0.3 is 0 Å². The summed E-state index contributed by atoms with van der Waals surface area (Å²) in [5.41, 5.74) is 1.21. The van der Waals surface area contributed by atoms with Gasteiger partial charge in [0, 0.05) is 6.07 Å². The second kappa shape index (κ2) is 11.9. The van der Waals surface area contributed by atoms with E-state index in [2.05, 4.69) is 16.0 Å². The van der Waals surface area contributed by atoms with E-state index in [0.29, 0.717) is 11.1 Å². The first-order chi connectivity index (χ1) is 18.2. The first-order valence-corrected chi connectivity index (χ1v) is 12.4. The lowest BCUT2D eigenvalue weighted by atomic mass is 9.99. The van der Waals surface area contributed by atoms with Gasteiger partial charge < -0.3 is 25.8 Å². The predicted octanol–water partition coefficient (Wildman–Crippen LogP) is 3.65. The zero-order valence-corrected chi connectivity index (χ0v) is 21.1. The van der Waals surface area contributed by atoms with Crippen molar-refractivity contribution in [2.75, 3.05) is 5.32 Å². The predicted molar refractivity (Wildman–Crippen MR) is 140 cm³/mol. The highest BCUT2D eigenvalue weighted by Crippen LogP contribution is 2.35. The minimum absolute atomic E-state index is 0.0599. The third-order valence-corrected chi connectivity index (χ3v) is 6.14. The number of rotatable bonds is 8. The average molecular weight is 520 g/mol. The minimum Gasteiger partial charge on any atom is -0.481 e. The second-order valence-electron chi connectivity index (χ2n) is 9.56. The molecule has 3 aromatic rings. The van der Waals surface area contributed by atoms with Crippen LogP contribution in [0.4, 0.5) is 10.1 Å². The van der Waals surface area contributed by atoms with Crippen LogP contribution in [0, 0.1) is 11.7 Å². The smallest absolute Gasteiger partial charge is 0.251 e. The van der Waals surface area contributed by atoms with Gasteiger partial charge in [-0.1, -0.05) is 74.5 Å². The van der Waals surface area contributed by atoms with Gasteiger partial charge in [-0.3, -0.25) is 14.4 Å². The number of aliphatic hydroxyl groups is 1. The van der Waals surface area contributed by atoms with Crippen LogP contribution in [-0.2, 0) is 14.4 Å². The van der Waals surface area contributed by atoms with Crippen molar-refractivity contribution in [3.05, 3.63) is 95.8 Å². The summed E-state index contributed by atoms with van der Waals surface area (Å²) in [6.07, 6.45) is -2.04. The van der Waals surface area contributed by atoms with E-state index in [9.17, 15) is 23.9 Å². The summed E-state index contributed by atoms with van der Waals surface area (Å²) >= 11 is 0. The van der Waals surface area contributed by atoms with Crippen LogP contribution < -0.4 is 20.7 Å². The number of ether oxygens (including phenoxy) is 1. The minimum atomic E-state index is -1.31.